The molecular weight excluding hydrogens is 405 g/mol. The van der Waals surface area contributed by atoms with Gasteiger partial charge in [-0.15, -0.1) is 0 Å². The molecule has 28 heavy (non-hydrogen) atoms. The standard InChI is InChI=1S/C17H16F9NO/c18-14(19,15(20,21)16(22,23)17(24,25)26)13(28)27-8-6-12(7-9-27)10-11-4-2-1-3-5-11/h1-5,12H,6-10H2. The maximum atomic E-state index is 13.7. The van der Waals surface area contributed by atoms with Gasteiger partial charge in [0.15, 0.2) is 0 Å². The number of hydrogen-bond donors (Lipinski definition) is 0. The Morgan fingerprint density at radius 1 is 0.857 bits per heavy atom. The van der Waals surface area contributed by atoms with Crippen LogP contribution < -0.4 is 0 Å². The van der Waals surface area contributed by atoms with Crippen LogP contribution >= 0.6 is 0 Å². The van der Waals surface area contributed by atoms with E-state index in [4.69, 9.17) is 0 Å². The van der Waals surface area contributed by atoms with E-state index in [1.54, 1.807) is 18.2 Å². The fourth-order valence-electron chi connectivity index (χ4n) is 3.00. The highest BCUT2D eigenvalue weighted by molar-refractivity contribution is 5.85. The summed E-state index contributed by atoms with van der Waals surface area (Å²) in [6, 6.07) is 8.95. The lowest BCUT2D eigenvalue weighted by atomic mass is 9.89. The van der Waals surface area contributed by atoms with Gasteiger partial charge in [-0.1, -0.05) is 30.3 Å². The molecule has 0 unspecified atom stereocenters. The number of rotatable bonds is 5. The lowest BCUT2D eigenvalue weighted by Gasteiger charge is -2.38. The molecule has 0 saturated carbocycles. The number of piperidine rings is 1. The molecule has 1 aliphatic heterocycles. The molecule has 1 saturated heterocycles. The second-order valence-electron chi connectivity index (χ2n) is 6.65. The average molecular weight is 421 g/mol. The lowest BCUT2D eigenvalue weighted by molar-refractivity contribution is -0.389. The van der Waals surface area contributed by atoms with Crippen molar-refractivity contribution in [3.05, 3.63) is 35.9 Å². The van der Waals surface area contributed by atoms with Crippen molar-refractivity contribution < 1.29 is 44.3 Å². The van der Waals surface area contributed by atoms with Gasteiger partial charge < -0.3 is 4.90 Å². The van der Waals surface area contributed by atoms with E-state index in [9.17, 15) is 44.3 Å². The Labute approximate surface area is 154 Å². The number of likely N-dealkylation sites (tertiary alicyclic amines) is 1. The summed E-state index contributed by atoms with van der Waals surface area (Å²) in [5.74, 6) is -23.0. The summed E-state index contributed by atoms with van der Waals surface area (Å²) in [6.07, 6.45) is -6.17. The first kappa shape index (κ1) is 22.4. The van der Waals surface area contributed by atoms with E-state index in [1.165, 1.54) is 0 Å². The van der Waals surface area contributed by atoms with Crippen LogP contribution in [0.2, 0.25) is 0 Å². The molecule has 1 amide bonds. The molecule has 0 bridgehead atoms. The maximum absolute atomic E-state index is 13.7. The second kappa shape index (κ2) is 7.47. The maximum Gasteiger partial charge on any atom is 0.460 e. The molecule has 0 aromatic heterocycles. The number of halogens is 9. The number of alkyl halides is 9. The molecule has 11 heteroatoms. The molecule has 0 N–H and O–H groups in total. The van der Waals surface area contributed by atoms with E-state index in [2.05, 4.69) is 0 Å². The van der Waals surface area contributed by atoms with Gasteiger partial charge >= 0.3 is 23.9 Å². The molecule has 1 heterocycles. The summed E-state index contributed by atoms with van der Waals surface area (Å²) in [7, 11) is 0. The number of carbonyl (C=O) groups is 1. The summed E-state index contributed by atoms with van der Waals surface area (Å²) in [5.41, 5.74) is 0.925. The van der Waals surface area contributed by atoms with Gasteiger partial charge in [-0.25, -0.2) is 0 Å². The number of amides is 1. The molecule has 1 aliphatic rings. The molecule has 1 aromatic carbocycles. The minimum atomic E-state index is -7.06. The Kier molecular flexibility index (Phi) is 5.96. The van der Waals surface area contributed by atoms with E-state index in [1.807, 2.05) is 12.1 Å². The Hall–Kier alpha value is -1.94. The van der Waals surface area contributed by atoms with Crippen molar-refractivity contribution in [3.63, 3.8) is 0 Å². The summed E-state index contributed by atoms with van der Waals surface area (Å²) in [5, 5.41) is 0. The molecule has 2 nitrogen and oxygen atoms in total. The van der Waals surface area contributed by atoms with E-state index in [0.29, 0.717) is 6.42 Å². The van der Waals surface area contributed by atoms with Crippen molar-refractivity contribution >= 4 is 5.91 Å². The third kappa shape index (κ3) is 3.93. The quantitative estimate of drug-likeness (QED) is 0.617. The third-order valence-corrected chi connectivity index (χ3v) is 4.68. The van der Waals surface area contributed by atoms with Crippen molar-refractivity contribution in [1.82, 2.24) is 4.90 Å². The smallest absolute Gasteiger partial charge is 0.337 e. The molecule has 2 rings (SSSR count). The van der Waals surface area contributed by atoms with Crippen LogP contribution in [0.3, 0.4) is 0 Å². The molecule has 1 fully saturated rings. The fraction of sp³-hybridized carbons (Fsp3) is 0.588. The van der Waals surface area contributed by atoms with Crippen LogP contribution in [0.15, 0.2) is 30.3 Å². The Morgan fingerprint density at radius 3 is 1.82 bits per heavy atom. The first-order valence-electron chi connectivity index (χ1n) is 8.25. The monoisotopic (exact) mass is 421 g/mol. The third-order valence-electron chi connectivity index (χ3n) is 4.68. The summed E-state index contributed by atoms with van der Waals surface area (Å²) in [4.78, 5) is 11.9. The summed E-state index contributed by atoms with van der Waals surface area (Å²) >= 11 is 0. The lowest BCUT2D eigenvalue weighted by Crippen LogP contribution is -2.66. The molecule has 1 aromatic rings. The number of benzene rings is 1. The zero-order chi connectivity index (χ0) is 21.4. The predicted molar refractivity (Wildman–Crippen MR) is 80.3 cm³/mol. The van der Waals surface area contributed by atoms with Crippen LogP contribution in [0.5, 0.6) is 0 Å². The van der Waals surface area contributed by atoms with E-state index < -0.39 is 42.9 Å². The number of hydrogen-bond acceptors (Lipinski definition) is 1. The van der Waals surface area contributed by atoms with Gasteiger partial charge in [-0.2, -0.15) is 39.5 Å². The minimum absolute atomic E-state index is 0.0720. The van der Waals surface area contributed by atoms with Crippen LogP contribution in [-0.2, 0) is 11.2 Å². The predicted octanol–water partition coefficient (Wildman–Crippen LogP) is 4.94. The van der Waals surface area contributed by atoms with Gasteiger partial charge in [-0.3, -0.25) is 4.79 Å². The topological polar surface area (TPSA) is 20.3 Å². The van der Waals surface area contributed by atoms with Gasteiger partial charge in [0, 0.05) is 13.1 Å². The van der Waals surface area contributed by atoms with Crippen molar-refractivity contribution in [2.45, 2.75) is 43.2 Å². The first-order chi connectivity index (χ1) is 12.7. The van der Waals surface area contributed by atoms with Crippen molar-refractivity contribution in [3.8, 4) is 0 Å². The van der Waals surface area contributed by atoms with Crippen LogP contribution in [-0.4, -0.2) is 47.8 Å². The van der Waals surface area contributed by atoms with Crippen LogP contribution in [0, 0.1) is 5.92 Å². The highest BCUT2D eigenvalue weighted by Gasteiger charge is 2.84. The average Bonchev–Trinajstić information content (AvgIpc) is 2.61. The van der Waals surface area contributed by atoms with Crippen LogP contribution in [0.4, 0.5) is 39.5 Å². The SMILES string of the molecule is O=C(N1CCC(Cc2ccccc2)CC1)C(F)(F)C(F)(F)C(F)(F)C(F)(F)F. The molecule has 0 atom stereocenters. The van der Waals surface area contributed by atoms with Gasteiger partial charge in [-0.05, 0) is 30.7 Å². The Morgan fingerprint density at radius 2 is 1.36 bits per heavy atom. The first-order valence-corrected chi connectivity index (χ1v) is 8.25. The normalized spacial score (nSPS) is 17.7. The molecular formula is C17H16F9NO. The van der Waals surface area contributed by atoms with Crippen molar-refractivity contribution in [1.29, 1.82) is 0 Å². The van der Waals surface area contributed by atoms with Crippen molar-refractivity contribution in [2.75, 3.05) is 13.1 Å². The highest BCUT2D eigenvalue weighted by atomic mass is 19.4. The molecule has 0 spiro atoms. The summed E-state index contributed by atoms with van der Waals surface area (Å²) < 4.78 is 116. The van der Waals surface area contributed by atoms with Gasteiger partial charge in [0.1, 0.15) is 0 Å². The fourth-order valence-corrected chi connectivity index (χ4v) is 3.00. The Balaban J connectivity index is 2.07. The van der Waals surface area contributed by atoms with E-state index in [-0.39, 0.29) is 23.7 Å². The molecule has 0 aliphatic carbocycles. The zero-order valence-corrected chi connectivity index (χ0v) is 14.3. The van der Waals surface area contributed by atoms with Crippen LogP contribution in [0.1, 0.15) is 18.4 Å². The van der Waals surface area contributed by atoms with Crippen LogP contribution in [0.25, 0.3) is 0 Å². The highest BCUT2D eigenvalue weighted by Crippen LogP contribution is 2.53. The molecule has 0 radical (unpaired) electrons. The largest absolute Gasteiger partial charge is 0.460 e. The molecule has 158 valence electrons. The van der Waals surface area contributed by atoms with E-state index in [0.717, 1.165) is 5.56 Å². The second-order valence-corrected chi connectivity index (χ2v) is 6.65. The van der Waals surface area contributed by atoms with E-state index >= 15 is 0 Å². The van der Waals surface area contributed by atoms with Gasteiger partial charge in [0.05, 0.1) is 0 Å². The number of carbonyl (C=O) groups excluding carboxylic acids is 1. The Bertz CT molecular complexity index is 680. The number of nitrogens with zero attached hydrogens (tertiary/aromatic N) is 1. The van der Waals surface area contributed by atoms with Gasteiger partial charge in [0.25, 0.3) is 5.91 Å². The summed E-state index contributed by atoms with van der Waals surface area (Å²) in [6.45, 7) is -0.890. The zero-order valence-electron chi connectivity index (χ0n) is 14.3. The minimum Gasteiger partial charge on any atom is -0.337 e. The van der Waals surface area contributed by atoms with Gasteiger partial charge in [0.2, 0.25) is 0 Å². The van der Waals surface area contributed by atoms with Crippen molar-refractivity contribution in [2.24, 2.45) is 5.92 Å².